The van der Waals surface area contributed by atoms with E-state index in [4.69, 9.17) is 5.26 Å². The Kier molecular flexibility index (Phi) is 3.62. The quantitative estimate of drug-likeness (QED) is 0.651. The van der Waals surface area contributed by atoms with Gasteiger partial charge in [-0.25, -0.2) is 9.18 Å². The molecule has 0 saturated heterocycles. The Labute approximate surface area is 115 Å². The van der Waals surface area contributed by atoms with Crippen molar-refractivity contribution in [3.63, 3.8) is 0 Å². The number of aromatic nitrogens is 2. The predicted molar refractivity (Wildman–Crippen MR) is 68.2 cm³/mol. The number of hydrogen-bond acceptors (Lipinski definition) is 5. The van der Waals surface area contributed by atoms with Crippen LogP contribution in [0.5, 0.6) is 0 Å². The minimum Gasteiger partial charge on any atom is -0.289 e. The largest absolute Gasteiger partial charge is 0.350 e. The van der Waals surface area contributed by atoms with Crippen molar-refractivity contribution >= 4 is 5.69 Å². The van der Waals surface area contributed by atoms with E-state index in [0.29, 0.717) is 0 Å². The molecule has 0 aliphatic heterocycles. The maximum absolute atomic E-state index is 13.2. The van der Waals surface area contributed by atoms with Gasteiger partial charge in [-0.15, -0.1) is 0 Å². The van der Waals surface area contributed by atoms with E-state index in [0.717, 1.165) is 22.9 Å². The summed E-state index contributed by atoms with van der Waals surface area (Å²) in [7, 11) is 0. The van der Waals surface area contributed by atoms with Gasteiger partial charge in [0, 0.05) is 0 Å². The van der Waals surface area contributed by atoms with Gasteiger partial charge in [-0.2, -0.15) is 5.26 Å². The first-order chi connectivity index (χ1) is 9.92. The first-order valence-corrected chi connectivity index (χ1v) is 5.59. The first-order valence-electron chi connectivity index (χ1n) is 5.59. The fourth-order valence-corrected chi connectivity index (χ4v) is 1.73. The predicted octanol–water partition coefficient (Wildman–Crippen LogP) is 0.504. The second-order valence-corrected chi connectivity index (χ2v) is 4.07. The van der Waals surface area contributed by atoms with Crippen molar-refractivity contribution in [1.82, 2.24) is 9.55 Å². The number of halogens is 1. The molecule has 1 aromatic heterocycles. The SMILES string of the molecule is N#Cc1ccc(F)cc1Cn1cc([N+](=O)[O-])c(=O)[nH]c1=O. The number of benzene rings is 1. The fraction of sp³-hybridized carbons (Fsp3) is 0.0833. The summed E-state index contributed by atoms with van der Waals surface area (Å²) < 4.78 is 14.0. The third kappa shape index (κ3) is 2.84. The lowest BCUT2D eigenvalue weighted by Crippen LogP contribution is -2.31. The third-order valence-electron chi connectivity index (χ3n) is 2.72. The number of nitrogens with zero attached hydrogens (tertiary/aromatic N) is 3. The lowest BCUT2D eigenvalue weighted by atomic mass is 10.1. The van der Waals surface area contributed by atoms with Gasteiger partial charge in [-0.3, -0.25) is 24.5 Å². The molecule has 0 unspecified atom stereocenters. The molecule has 0 radical (unpaired) electrons. The van der Waals surface area contributed by atoms with Crippen LogP contribution in [0.2, 0.25) is 0 Å². The monoisotopic (exact) mass is 290 g/mol. The zero-order valence-corrected chi connectivity index (χ0v) is 10.4. The topological polar surface area (TPSA) is 122 Å². The summed E-state index contributed by atoms with van der Waals surface area (Å²) >= 11 is 0. The molecule has 2 rings (SSSR count). The van der Waals surface area contributed by atoms with Crippen LogP contribution in [0.4, 0.5) is 10.1 Å². The van der Waals surface area contributed by atoms with Gasteiger partial charge in [0.05, 0.1) is 29.3 Å². The number of nitrogens with one attached hydrogen (secondary N) is 1. The van der Waals surface area contributed by atoms with E-state index in [-0.39, 0.29) is 17.7 Å². The van der Waals surface area contributed by atoms with Gasteiger partial charge in [0.2, 0.25) is 0 Å². The Morgan fingerprint density at radius 2 is 2.14 bits per heavy atom. The zero-order chi connectivity index (χ0) is 15.6. The molecule has 8 nitrogen and oxygen atoms in total. The lowest BCUT2D eigenvalue weighted by molar-refractivity contribution is -0.386. The summed E-state index contributed by atoms with van der Waals surface area (Å²) in [5.41, 5.74) is -2.54. The summed E-state index contributed by atoms with van der Waals surface area (Å²) in [4.78, 5) is 34.4. The molecule has 21 heavy (non-hydrogen) atoms. The van der Waals surface area contributed by atoms with Crippen LogP contribution in [-0.4, -0.2) is 14.5 Å². The van der Waals surface area contributed by atoms with Crippen molar-refractivity contribution in [2.45, 2.75) is 6.54 Å². The summed E-state index contributed by atoms with van der Waals surface area (Å²) in [5.74, 6) is -0.615. The molecule has 106 valence electrons. The Hall–Kier alpha value is -3.28. The summed E-state index contributed by atoms with van der Waals surface area (Å²) in [5, 5.41) is 19.6. The normalized spacial score (nSPS) is 10.1. The molecule has 0 aliphatic rings. The molecule has 2 aromatic rings. The van der Waals surface area contributed by atoms with E-state index in [1.807, 2.05) is 6.07 Å². The summed E-state index contributed by atoms with van der Waals surface area (Å²) in [6.45, 7) is -0.281. The van der Waals surface area contributed by atoms with E-state index in [1.165, 1.54) is 6.07 Å². The fourth-order valence-electron chi connectivity index (χ4n) is 1.73. The Balaban J connectivity index is 2.55. The molecule has 0 fully saturated rings. The highest BCUT2D eigenvalue weighted by molar-refractivity contribution is 5.38. The number of nitro groups is 1. The van der Waals surface area contributed by atoms with Crippen molar-refractivity contribution in [2.24, 2.45) is 0 Å². The van der Waals surface area contributed by atoms with Gasteiger partial charge >= 0.3 is 16.9 Å². The Bertz CT molecular complexity index is 878. The molecule has 0 bridgehead atoms. The smallest absolute Gasteiger partial charge is 0.289 e. The molecule has 1 N–H and O–H groups in total. The van der Waals surface area contributed by atoms with Crippen molar-refractivity contribution in [1.29, 1.82) is 5.26 Å². The van der Waals surface area contributed by atoms with Gasteiger partial charge in [-0.05, 0) is 23.8 Å². The van der Waals surface area contributed by atoms with Gasteiger partial charge in [0.1, 0.15) is 5.82 Å². The molecule has 0 atom stereocenters. The molecule has 0 spiro atoms. The van der Waals surface area contributed by atoms with Crippen LogP contribution in [0, 0.1) is 27.3 Å². The maximum Gasteiger partial charge on any atom is 0.350 e. The molecule has 0 aliphatic carbocycles. The van der Waals surface area contributed by atoms with Crippen molar-refractivity contribution in [3.05, 3.63) is 72.3 Å². The Morgan fingerprint density at radius 3 is 2.76 bits per heavy atom. The lowest BCUT2D eigenvalue weighted by Gasteiger charge is -2.06. The molecule has 9 heteroatoms. The van der Waals surface area contributed by atoms with Crippen LogP contribution in [0.15, 0.2) is 34.0 Å². The van der Waals surface area contributed by atoms with Crippen LogP contribution in [-0.2, 0) is 6.54 Å². The van der Waals surface area contributed by atoms with E-state index < -0.39 is 27.7 Å². The third-order valence-corrected chi connectivity index (χ3v) is 2.72. The van der Waals surface area contributed by atoms with E-state index in [9.17, 15) is 24.1 Å². The van der Waals surface area contributed by atoms with Crippen LogP contribution >= 0.6 is 0 Å². The minimum atomic E-state index is -1.12. The number of aromatic amines is 1. The maximum atomic E-state index is 13.2. The van der Waals surface area contributed by atoms with E-state index >= 15 is 0 Å². The van der Waals surface area contributed by atoms with Gasteiger partial charge in [0.15, 0.2) is 0 Å². The first kappa shape index (κ1) is 14.1. The number of nitriles is 1. The van der Waals surface area contributed by atoms with Gasteiger partial charge < -0.3 is 0 Å². The average Bonchev–Trinajstić information content (AvgIpc) is 2.41. The number of hydrogen-bond donors (Lipinski definition) is 1. The highest BCUT2D eigenvalue weighted by atomic mass is 19.1. The number of H-pyrrole nitrogens is 1. The van der Waals surface area contributed by atoms with Gasteiger partial charge in [0.25, 0.3) is 0 Å². The zero-order valence-electron chi connectivity index (χ0n) is 10.4. The summed E-state index contributed by atoms with van der Waals surface area (Å²) in [6.07, 6.45) is 0.757. The average molecular weight is 290 g/mol. The highest BCUT2D eigenvalue weighted by Crippen LogP contribution is 2.12. The number of rotatable bonds is 3. The van der Waals surface area contributed by atoms with Crippen molar-refractivity contribution < 1.29 is 9.31 Å². The van der Waals surface area contributed by atoms with Crippen LogP contribution < -0.4 is 11.2 Å². The summed E-state index contributed by atoms with van der Waals surface area (Å²) in [6, 6.07) is 5.18. The van der Waals surface area contributed by atoms with E-state index in [1.54, 1.807) is 4.98 Å². The van der Waals surface area contributed by atoms with Crippen molar-refractivity contribution in [3.8, 4) is 6.07 Å². The van der Waals surface area contributed by atoms with Crippen LogP contribution in [0.25, 0.3) is 0 Å². The highest BCUT2D eigenvalue weighted by Gasteiger charge is 2.15. The second kappa shape index (κ2) is 5.38. The molecule has 0 saturated carbocycles. The van der Waals surface area contributed by atoms with E-state index in [2.05, 4.69) is 0 Å². The van der Waals surface area contributed by atoms with Crippen LogP contribution in [0.1, 0.15) is 11.1 Å². The molecule has 1 aromatic carbocycles. The standard InChI is InChI=1S/C12H7FN4O4/c13-9-2-1-7(4-14)8(3-9)5-16-6-10(17(20)21)11(18)15-12(16)19/h1-3,6H,5H2,(H,15,18,19). The molecule has 0 amide bonds. The van der Waals surface area contributed by atoms with Crippen molar-refractivity contribution in [2.75, 3.05) is 0 Å². The van der Waals surface area contributed by atoms with Gasteiger partial charge in [-0.1, -0.05) is 0 Å². The molecular weight excluding hydrogens is 283 g/mol. The molecular formula is C12H7FN4O4. The van der Waals surface area contributed by atoms with Crippen LogP contribution in [0.3, 0.4) is 0 Å². The minimum absolute atomic E-state index is 0.122. The second-order valence-electron chi connectivity index (χ2n) is 4.07. The molecule has 1 heterocycles. The Morgan fingerprint density at radius 1 is 1.43 bits per heavy atom.